The van der Waals surface area contributed by atoms with Gasteiger partial charge in [0, 0.05) is 5.56 Å². The second kappa shape index (κ2) is 2.63. The minimum absolute atomic E-state index is 0.333. The van der Waals surface area contributed by atoms with Gasteiger partial charge in [-0.2, -0.15) is 5.26 Å². The monoisotopic (exact) mass is 153 g/mol. The van der Waals surface area contributed by atoms with E-state index >= 15 is 0 Å². The fourth-order valence-electron chi connectivity index (χ4n) is 0.541. The van der Waals surface area contributed by atoms with Gasteiger partial charge in [0.2, 0.25) is 0 Å². The second-order valence-electron chi connectivity index (χ2n) is 1.75. The van der Waals surface area contributed by atoms with Crippen molar-refractivity contribution in [2.45, 2.75) is 6.92 Å². The maximum Gasteiger partial charge on any atom is 0.148 e. The largest absolute Gasteiger partial charge is 0.225 e. The van der Waals surface area contributed by atoms with Crippen molar-refractivity contribution in [3.8, 4) is 6.07 Å². The van der Waals surface area contributed by atoms with Crippen LogP contribution in [-0.4, -0.2) is 9.97 Å². The first-order chi connectivity index (χ1) is 4.75. The molecule has 0 aromatic carbocycles. The molecule has 10 heavy (non-hydrogen) atoms. The summed E-state index contributed by atoms with van der Waals surface area (Å²) in [7, 11) is 0. The zero-order valence-corrected chi connectivity index (χ0v) is 6.05. The third-order valence-corrected chi connectivity index (χ3v) is 1.51. The van der Waals surface area contributed by atoms with Crippen LogP contribution in [0.4, 0.5) is 0 Å². The lowest BCUT2D eigenvalue weighted by atomic mass is 10.3. The lowest BCUT2D eigenvalue weighted by Gasteiger charge is -1.94. The van der Waals surface area contributed by atoms with Crippen LogP contribution in [0.2, 0.25) is 5.15 Å². The molecule has 0 fully saturated rings. The summed E-state index contributed by atoms with van der Waals surface area (Å²) in [5.74, 6) is 0. The Labute approximate surface area is 63.3 Å². The lowest BCUT2D eigenvalue weighted by Crippen LogP contribution is -1.90. The highest BCUT2D eigenvalue weighted by Gasteiger charge is 2.01. The molecule has 0 unspecified atom stereocenters. The van der Waals surface area contributed by atoms with Crippen molar-refractivity contribution in [1.29, 1.82) is 5.26 Å². The van der Waals surface area contributed by atoms with Crippen LogP contribution in [0.5, 0.6) is 0 Å². The smallest absolute Gasteiger partial charge is 0.148 e. The first-order valence-corrected chi connectivity index (χ1v) is 3.00. The molecule has 0 aliphatic heterocycles. The number of nitrogens with zero attached hydrogens (tertiary/aromatic N) is 3. The van der Waals surface area contributed by atoms with Gasteiger partial charge in [0.25, 0.3) is 0 Å². The van der Waals surface area contributed by atoms with E-state index in [9.17, 15) is 0 Å². The van der Waals surface area contributed by atoms with Crippen molar-refractivity contribution in [3.63, 3.8) is 0 Å². The van der Waals surface area contributed by atoms with Crippen LogP contribution >= 0.6 is 11.6 Å². The Morgan fingerprint density at radius 2 is 2.30 bits per heavy atom. The van der Waals surface area contributed by atoms with Crippen LogP contribution < -0.4 is 0 Å². The van der Waals surface area contributed by atoms with E-state index in [-0.39, 0.29) is 0 Å². The average molecular weight is 154 g/mol. The number of halogens is 1. The summed E-state index contributed by atoms with van der Waals surface area (Å²) in [6.45, 7) is 1.71. The minimum atomic E-state index is 0.333. The molecule has 1 aromatic rings. The van der Waals surface area contributed by atoms with Gasteiger partial charge in [-0.15, -0.1) is 0 Å². The van der Waals surface area contributed by atoms with E-state index in [1.165, 1.54) is 6.33 Å². The molecule has 0 radical (unpaired) electrons. The summed E-state index contributed by atoms with van der Waals surface area (Å²) in [5.41, 5.74) is 0.965. The van der Waals surface area contributed by atoms with Gasteiger partial charge in [0.15, 0.2) is 0 Å². The van der Waals surface area contributed by atoms with E-state index in [1.54, 1.807) is 6.92 Å². The number of nitriles is 1. The number of aromatic nitrogens is 2. The van der Waals surface area contributed by atoms with Crippen molar-refractivity contribution in [1.82, 2.24) is 9.97 Å². The lowest BCUT2D eigenvalue weighted by molar-refractivity contribution is 1.10. The number of hydrogen-bond acceptors (Lipinski definition) is 3. The van der Waals surface area contributed by atoms with Crippen LogP contribution in [0.25, 0.3) is 0 Å². The van der Waals surface area contributed by atoms with E-state index in [0.29, 0.717) is 16.4 Å². The van der Waals surface area contributed by atoms with Gasteiger partial charge in [-0.25, -0.2) is 9.97 Å². The molecule has 0 aliphatic carbocycles. The molecule has 50 valence electrons. The van der Waals surface area contributed by atoms with Gasteiger partial charge >= 0.3 is 0 Å². The van der Waals surface area contributed by atoms with Gasteiger partial charge < -0.3 is 0 Å². The summed E-state index contributed by atoms with van der Waals surface area (Å²) >= 11 is 5.59. The minimum Gasteiger partial charge on any atom is -0.225 e. The van der Waals surface area contributed by atoms with E-state index in [0.717, 1.165) is 0 Å². The molecule has 0 bridgehead atoms. The summed E-state index contributed by atoms with van der Waals surface area (Å²) in [6.07, 6.45) is 1.27. The van der Waals surface area contributed by atoms with Crippen molar-refractivity contribution >= 4 is 11.6 Å². The third kappa shape index (κ3) is 1.07. The molecule has 3 nitrogen and oxygen atoms in total. The average Bonchev–Trinajstić information content (AvgIpc) is 1.95. The second-order valence-corrected chi connectivity index (χ2v) is 2.11. The predicted molar refractivity (Wildman–Crippen MR) is 36.5 cm³/mol. The van der Waals surface area contributed by atoms with Gasteiger partial charge in [0.1, 0.15) is 23.2 Å². The van der Waals surface area contributed by atoms with Gasteiger partial charge in [-0.3, -0.25) is 0 Å². The maximum atomic E-state index is 8.44. The van der Waals surface area contributed by atoms with Crippen LogP contribution in [0.3, 0.4) is 0 Å². The van der Waals surface area contributed by atoms with E-state index in [2.05, 4.69) is 9.97 Å². The normalized spacial score (nSPS) is 8.90. The first kappa shape index (κ1) is 6.97. The molecule has 1 heterocycles. The van der Waals surface area contributed by atoms with Crippen molar-refractivity contribution in [3.05, 3.63) is 22.7 Å². The molecule has 0 amide bonds. The summed E-state index contributed by atoms with van der Waals surface area (Å²) in [4.78, 5) is 7.39. The predicted octanol–water partition coefficient (Wildman–Crippen LogP) is 1.31. The zero-order valence-electron chi connectivity index (χ0n) is 5.30. The van der Waals surface area contributed by atoms with Crippen LogP contribution in [0.15, 0.2) is 6.33 Å². The fraction of sp³-hybridized carbons (Fsp3) is 0.167. The molecule has 0 N–H and O–H groups in total. The summed E-state index contributed by atoms with van der Waals surface area (Å²) in [6, 6.07) is 1.90. The topological polar surface area (TPSA) is 49.6 Å². The third-order valence-electron chi connectivity index (χ3n) is 1.13. The Morgan fingerprint density at radius 1 is 1.60 bits per heavy atom. The van der Waals surface area contributed by atoms with Gasteiger partial charge in [-0.05, 0) is 6.92 Å². The van der Waals surface area contributed by atoms with Crippen LogP contribution in [0, 0.1) is 18.3 Å². The van der Waals surface area contributed by atoms with Crippen molar-refractivity contribution in [2.24, 2.45) is 0 Å². The SMILES string of the molecule is Cc1c(Cl)ncnc1C#N. The standard InChI is InChI=1S/C6H4ClN3/c1-4-5(2-8)9-3-10-6(4)7/h3H,1H3. The first-order valence-electron chi connectivity index (χ1n) is 2.63. The van der Waals surface area contributed by atoms with E-state index < -0.39 is 0 Å². The van der Waals surface area contributed by atoms with Crippen molar-refractivity contribution < 1.29 is 0 Å². The summed E-state index contributed by atoms with van der Waals surface area (Å²) in [5, 5.41) is 8.78. The molecule has 4 heteroatoms. The van der Waals surface area contributed by atoms with Gasteiger partial charge in [0.05, 0.1) is 0 Å². The fourth-order valence-corrected chi connectivity index (χ4v) is 0.675. The summed E-state index contributed by atoms with van der Waals surface area (Å²) < 4.78 is 0. The Hall–Kier alpha value is -1.14. The van der Waals surface area contributed by atoms with Crippen molar-refractivity contribution in [2.75, 3.05) is 0 Å². The van der Waals surface area contributed by atoms with Gasteiger partial charge in [-0.1, -0.05) is 11.6 Å². The Morgan fingerprint density at radius 3 is 2.80 bits per heavy atom. The molecular formula is C6H4ClN3. The highest BCUT2D eigenvalue weighted by atomic mass is 35.5. The Kier molecular flexibility index (Phi) is 1.83. The maximum absolute atomic E-state index is 8.44. The highest BCUT2D eigenvalue weighted by Crippen LogP contribution is 2.11. The molecule has 0 saturated heterocycles. The molecule has 0 spiro atoms. The molecule has 0 aliphatic rings. The molecule has 1 rings (SSSR count). The Bertz CT molecular complexity index is 290. The number of rotatable bonds is 0. The number of hydrogen-bond donors (Lipinski definition) is 0. The zero-order chi connectivity index (χ0) is 7.56. The quantitative estimate of drug-likeness (QED) is 0.528. The highest BCUT2D eigenvalue weighted by molar-refractivity contribution is 6.30. The van der Waals surface area contributed by atoms with E-state index in [1.807, 2.05) is 6.07 Å². The van der Waals surface area contributed by atoms with Crippen LogP contribution in [-0.2, 0) is 0 Å². The Balaban J connectivity index is 3.31. The van der Waals surface area contributed by atoms with E-state index in [4.69, 9.17) is 16.9 Å². The van der Waals surface area contributed by atoms with Crippen LogP contribution in [0.1, 0.15) is 11.3 Å². The molecule has 0 atom stereocenters. The molecule has 0 saturated carbocycles. The molecule has 1 aromatic heterocycles. The molecular weight excluding hydrogens is 150 g/mol.